The van der Waals surface area contributed by atoms with Gasteiger partial charge < -0.3 is 4.42 Å². The van der Waals surface area contributed by atoms with Crippen molar-refractivity contribution in [2.24, 2.45) is 0 Å². The molecule has 0 aliphatic heterocycles. The fraction of sp³-hybridized carbons (Fsp3) is 0. The van der Waals surface area contributed by atoms with Gasteiger partial charge in [-0.2, -0.15) is 0 Å². The largest absolute Gasteiger partial charge is 0.456 e. The van der Waals surface area contributed by atoms with Gasteiger partial charge in [0.25, 0.3) is 0 Å². The van der Waals surface area contributed by atoms with Gasteiger partial charge in [-0.1, -0.05) is 152 Å². The first-order valence-electron chi connectivity index (χ1n) is 17.1. The van der Waals surface area contributed by atoms with Crippen molar-refractivity contribution in [2.75, 3.05) is 0 Å². The molecule has 0 amide bonds. The Labute approximate surface area is 294 Å². The van der Waals surface area contributed by atoms with Gasteiger partial charge in [-0.05, 0) is 68.1 Å². The van der Waals surface area contributed by atoms with E-state index in [1.165, 1.54) is 16.3 Å². The van der Waals surface area contributed by atoms with Crippen molar-refractivity contribution in [2.45, 2.75) is 0 Å². The number of fused-ring (bicyclic) bond motifs is 5. The summed E-state index contributed by atoms with van der Waals surface area (Å²) in [5, 5.41) is 6.89. The van der Waals surface area contributed by atoms with Gasteiger partial charge in [0.2, 0.25) is 0 Å². The van der Waals surface area contributed by atoms with Crippen LogP contribution < -0.4 is 0 Å². The minimum atomic E-state index is 0.632. The van der Waals surface area contributed by atoms with Gasteiger partial charge in [0, 0.05) is 27.5 Å². The van der Waals surface area contributed by atoms with Crippen molar-refractivity contribution >= 4 is 43.5 Å². The predicted molar refractivity (Wildman–Crippen MR) is 209 cm³/mol. The summed E-state index contributed by atoms with van der Waals surface area (Å²) in [6.07, 6.45) is 0. The van der Waals surface area contributed by atoms with Crippen LogP contribution >= 0.6 is 0 Å². The van der Waals surface area contributed by atoms with Crippen LogP contribution in [0.2, 0.25) is 0 Å². The summed E-state index contributed by atoms with van der Waals surface area (Å²) in [6, 6.07) is 61.1. The van der Waals surface area contributed by atoms with Crippen molar-refractivity contribution < 1.29 is 4.42 Å². The van der Waals surface area contributed by atoms with Crippen molar-refractivity contribution in [3.63, 3.8) is 0 Å². The van der Waals surface area contributed by atoms with E-state index in [4.69, 9.17) is 19.4 Å². The molecule has 0 atom stereocenters. The first-order valence-corrected chi connectivity index (χ1v) is 17.1. The molecule has 4 heteroatoms. The van der Waals surface area contributed by atoms with Gasteiger partial charge in [0.15, 0.2) is 17.5 Å². The minimum Gasteiger partial charge on any atom is -0.456 e. The molecule has 0 unspecified atom stereocenters. The Balaban J connectivity index is 1.09. The molecule has 2 aromatic heterocycles. The second kappa shape index (κ2) is 11.9. The highest BCUT2D eigenvalue weighted by Crippen LogP contribution is 2.38. The molecule has 10 aromatic rings. The lowest BCUT2D eigenvalue weighted by atomic mass is 9.94. The molecule has 0 spiro atoms. The Hall–Kier alpha value is -6.91. The quantitative estimate of drug-likeness (QED) is 0.186. The maximum absolute atomic E-state index is 6.25. The zero-order valence-corrected chi connectivity index (χ0v) is 27.5. The Morgan fingerprint density at radius 2 is 0.863 bits per heavy atom. The number of rotatable bonds is 5. The van der Waals surface area contributed by atoms with Crippen LogP contribution in [0.5, 0.6) is 0 Å². The number of benzene rings is 8. The van der Waals surface area contributed by atoms with E-state index in [1.807, 2.05) is 42.5 Å². The molecule has 0 radical (unpaired) electrons. The molecule has 0 aliphatic rings. The lowest BCUT2D eigenvalue weighted by Gasteiger charge is -2.13. The number of nitrogens with zero attached hydrogens (tertiary/aromatic N) is 3. The number of aromatic nitrogens is 3. The van der Waals surface area contributed by atoms with E-state index >= 15 is 0 Å². The summed E-state index contributed by atoms with van der Waals surface area (Å²) in [6.45, 7) is 0. The van der Waals surface area contributed by atoms with Gasteiger partial charge in [-0.3, -0.25) is 0 Å². The van der Waals surface area contributed by atoms with Gasteiger partial charge in [-0.25, -0.2) is 15.0 Å². The van der Waals surface area contributed by atoms with Crippen molar-refractivity contribution in [1.29, 1.82) is 0 Å². The fourth-order valence-corrected chi connectivity index (χ4v) is 7.17. The summed E-state index contributed by atoms with van der Waals surface area (Å²) in [7, 11) is 0. The molecular weight excluding hydrogens is 623 g/mol. The van der Waals surface area contributed by atoms with Gasteiger partial charge in [0.1, 0.15) is 11.2 Å². The third-order valence-electron chi connectivity index (χ3n) is 9.75. The smallest absolute Gasteiger partial charge is 0.164 e. The van der Waals surface area contributed by atoms with Crippen molar-refractivity contribution in [1.82, 2.24) is 15.0 Å². The Kier molecular flexibility index (Phi) is 6.78. The number of furan rings is 1. The van der Waals surface area contributed by atoms with Crippen LogP contribution in [0.1, 0.15) is 0 Å². The zero-order valence-electron chi connectivity index (χ0n) is 27.5. The second-order valence-corrected chi connectivity index (χ2v) is 12.8. The van der Waals surface area contributed by atoms with E-state index < -0.39 is 0 Å². The van der Waals surface area contributed by atoms with Crippen LogP contribution in [0.4, 0.5) is 0 Å². The van der Waals surface area contributed by atoms with Gasteiger partial charge >= 0.3 is 0 Å². The molecule has 8 aromatic carbocycles. The zero-order chi connectivity index (χ0) is 33.7. The SMILES string of the molecule is c1ccc(-c2nc(-c3ccc(-c4ccc5ccccc5c4)cc3)nc(-c3cccc4c(-c5ccc6c(c5)oc5ccccc56)cccc34)n2)cc1. The molecule has 0 fully saturated rings. The van der Waals surface area contributed by atoms with Crippen LogP contribution in [0.25, 0.3) is 99.9 Å². The Bertz CT molecular complexity index is 2910. The number of para-hydroxylation sites is 1. The van der Waals surface area contributed by atoms with Gasteiger partial charge in [0.05, 0.1) is 0 Å². The summed E-state index contributed by atoms with van der Waals surface area (Å²) in [5.41, 5.74) is 9.13. The molecule has 51 heavy (non-hydrogen) atoms. The summed E-state index contributed by atoms with van der Waals surface area (Å²) in [4.78, 5) is 15.2. The van der Waals surface area contributed by atoms with Crippen LogP contribution in [0.3, 0.4) is 0 Å². The van der Waals surface area contributed by atoms with Crippen LogP contribution in [0, 0.1) is 0 Å². The van der Waals surface area contributed by atoms with Gasteiger partial charge in [-0.15, -0.1) is 0 Å². The Morgan fingerprint density at radius 1 is 0.294 bits per heavy atom. The summed E-state index contributed by atoms with van der Waals surface area (Å²) >= 11 is 0. The summed E-state index contributed by atoms with van der Waals surface area (Å²) < 4.78 is 6.25. The molecule has 238 valence electrons. The maximum atomic E-state index is 6.25. The molecular formula is C47H29N3O. The highest BCUT2D eigenvalue weighted by molar-refractivity contribution is 6.08. The minimum absolute atomic E-state index is 0.632. The molecule has 0 saturated carbocycles. The molecule has 2 heterocycles. The molecule has 10 rings (SSSR count). The lowest BCUT2D eigenvalue weighted by Crippen LogP contribution is -2.00. The third-order valence-corrected chi connectivity index (χ3v) is 9.75. The number of hydrogen-bond donors (Lipinski definition) is 0. The highest BCUT2D eigenvalue weighted by Gasteiger charge is 2.16. The van der Waals surface area contributed by atoms with E-state index in [-0.39, 0.29) is 0 Å². The fourth-order valence-electron chi connectivity index (χ4n) is 7.17. The van der Waals surface area contributed by atoms with Crippen LogP contribution in [0.15, 0.2) is 180 Å². The second-order valence-electron chi connectivity index (χ2n) is 12.8. The average Bonchev–Trinajstić information content (AvgIpc) is 3.58. The highest BCUT2D eigenvalue weighted by atomic mass is 16.3. The molecule has 0 N–H and O–H groups in total. The molecule has 0 bridgehead atoms. The van der Waals surface area contributed by atoms with E-state index in [9.17, 15) is 0 Å². The predicted octanol–water partition coefficient (Wildman–Crippen LogP) is 12.4. The average molecular weight is 652 g/mol. The first-order chi connectivity index (χ1) is 25.2. The molecule has 4 nitrogen and oxygen atoms in total. The maximum Gasteiger partial charge on any atom is 0.164 e. The van der Waals surface area contributed by atoms with Crippen molar-refractivity contribution in [3.8, 4) is 56.4 Å². The lowest BCUT2D eigenvalue weighted by molar-refractivity contribution is 0.669. The number of hydrogen-bond acceptors (Lipinski definition) is 4. The molecule has 0 aliphatic carbocycles. The van der Waals surface area contributed by atoms with E-state index in [2.05, 4.69) is 133 Å². The van der Waals surface area contributed by atoms with Crippen LogP contribution in [-0.2, 0) is 0 Å². The molecule has 0 saturated heterocycles. The normalized spacial score (nSPS) is 11.5. The van der Waals surface area contributed by atoms with Crippen LogP contribution in [-0.4, -0.2) is 15.0 Å². The Morgan fingerprint density at radius 3 is 1.69 bits per heavy atom. The standard InChI is InChI=1S/C47H29N3O/c1-2-11-32(12-3-1)45-48-46(33-23-20-31(21-24-33)35-25-22-30-10-4-5-13-34(30)28-35)50-47(49-45)42-18-9-16-38-37(15-8-17-39(38)42)36-26-27-41-40-14-6-7-19-43(40)51-44(41)29-36/h1-29H. The summed E-state index contributed by atoms with van der Waals surface area (Å²) in [5.74, 6) is 1.90. The van der Waals surface area contributed by atoms with E-state index in [0.717, 1.165) is 66.1 Å². The first kappa shape index (κ1) is 29.0. The third kappa shape index (κ3) is 5.13. The monoisotopic (exact) mass is 651 g/mol. The topological polar surface area (TPSA) is 51.8 Å². The van der Waals surface area contributed by atoms with E-state index in [0.29, 0.717) is 17.5 Å². The van der Waals surface area contributed by atoms with Crippen molar-refractivity contribution in [3.05, 3.63) is 176 Å². The van der Waals surface area contributed by atoms with E-state index in [1.54, 1.807) is 0 Å².